The van der Waals surface area contributed by atoms with Crippen molar-refractivity contribution >= 4 is 43.5 Å². The zero-order valence-corrected chi connectivity index (χ0v) is 19.1. The molecule has 2 N–H and O–H groups in total. The molecule has 0 aromatic heterocycles. The summed E-state index contributed by atoms with van der Waals surface area (Å²) in [5.41, 5.74) is 0.708. The van der Waals surface area contributed by atoms with Crippen LogP contribution in [0.15, 0.2) is 57.9 Å². The summed E-state index contributed by atoms with van der Waals surface area (Å²) >= 11 is 3.30. The van der Waals surface area contributed by atoms with Gasteiger partial charge in [0.1, 0.15) is 0 Å². The van der Waals surface area contributed by atoms with Gasteiger partial charge in [-0.2, -0.15) is 0 Å². The van der Waals surface area contributed by atoms with Crippen molar-refractivity contribution in [3.63, 3.8) is 0 Å². The van der Waals surface area contributed by atoms with Crippen LogP contribution in [0, 0.1) is 0 Å². The number of nitrogens with one attached hydrogen (secondary N) is 2. The highest BCUT2D eigenvalue weighted by Gasteiger charge is 2.16. The van der Waals surface area contributed by atoms with Gasteiger partial charge in [-0.05, 0) is 55.3 Å². The number of benzene rings is 2. The van der Waals surface area contributed by atoms with Crippen LogP contribution in [0.25, 0.3) is 0 Å². The van der Waals surface area contributed by atoms with Crippen LogP contribution in [0.4, 0.5) is 5.69 Å². The predicted octanol–water partition coefficient (Wildman–Crippen LogP) is 4.10. The molecular weight excluding hydrogens is 472 g/mol. The van der Waals surface area contributed by atoms with Gasteiger partial charge >= 0.3 is 5.97 Å². The summed E-state index contributed by atoms with van der Waals surface area (Å²) in [5.74, 6) is -0.544. The van der Waals surface area contributed by atoms with Gasteiger partial charge in [-0.3, -0.25) is 14.3 Å². The first-order valence-electron chi connectivity index (χ1n) is 9.55. The second-order valence-electron chi connectivity index (χ2n) is 6.64. The maximum Gasteiger partial charge on any atom is 0.305 e. The molecule has 9 heteroatoms. The summed E-state index contributed by atoms with van der Waals surface area (Å²) < 4.78 is 33.1. The number of methoxy groups -OCH3 is 1. The Kier molecular flexibility index (Phi) is 9.32. The first-order chi connectivity index (χ1) is 14.3. The van der Waals surface area contributed by atoms with Crippen LogP contribution in [0.1, 0.15) is 42.5 Å². The SMILES string of the molecule is COC(=O)CCCCCCNC(=O)c1cccc(S(=O)(=O)Nc2ccc(Br)cc2)c1. The van der Waals surface area contributed by atoms with Gasteiger partial charge in [-0.25, -0.2) is 8.42 Å². The second kappa shape index (κ2) is 11.7. The number of ether oxygens (including phenoxy) is 1. The Morgan fingerprint density at radius 1 is 1.00 bits per heavy atom. The molecule has 2 rings (SSSR count). The first kappa shape index (κ1) is 23.9. The monoisotopic (exact) mass is 496 g/mol. The average Bonchev–Trinajstić information content (AvgIpc) is 2.74. The Bertz CT molecular complexity index is 962. The molecule has 1 amide bonds. The molecule has 2 aromatic rings. The number of sulfonamides is 1. The Morgan fingerprint density at radius 2 is 1.70 bits per heavy atom. The lowest BCUT2D eigenvalue weighted by Gasteiger charge is -2.10. The molecule has 0 fully saturated rings. The lowest BCUT2D eigenvalue weighted by Crippen LogP contribution is -2.24. The number of carbonyl (C=O) groups excluding carboxylic acids is 2. The summed E-state index contributed by atoms with van der Waals surface area (Å²) in [6, 6.07) is 12.7. The van der Waals surface area contributed by atoms with Crippen LogP contribution in [0.5, 0.6) is 0 Å². The average molecular weight is 497 g/mol. The third-order valence-electron chi connectivity index (χ3n) is 4.32. The zero-order valence-electron chi connectivity index (χ0n) is 16.7. The molecule has 0 spiro atoms. The Balaban J connectivity index is 1.85. The maximum absolute atomic E-state index is 12.6. The van der Waals surface area contributed by atoms with Crippen LogP contribution in [0.3, 0.4) is 0 Å². The molecule has 30 heavy (non-hydrogen) atoms. The van der Waals surface area contributed by atoms with Crippen molar-refractivity contribution in [1.82, 2.24) is 5.32 Å². The number of anilines is 1. The van der Waals surface area contributed by atoms with Gasteiger partial charge in [0.25, 0.3) is 15.9 Å². The molecular formula is C21H25BrN2O5S. The van der Waals surface area contributed by atoms with E-state index in [1.807, 2.05) is 0 Å². The number of carbonyl (C=O) groups is 2. The van der Waals surface area contributed by atoms with Gasteiger partial charge in [0.15, 0.2) is 0 Å². The van der Waals surface area contributed by atoms with Crippen molar-refractivity contribution in [1.29, 1.82) is 0 Å². The van der Waals surface area contributed by atoms with Crippen LogP contribution < -0.4 is 10.0 Å². The predicted molar refractivity (Wildman–Crippen MR) is 119 cm³/mol. The van der Waals surface area contributed by atoms with Crippen molar-refractivity contribution in [2.24, 2.45) is 0 Å². The van der Waals surface area contributed by atoms with Crippen molar-refractivity contribution in [2.45, 2.75) is 37.0 Å². The molecule has 7 nitrogen and oxygen atoms in total. The third-order valence-corrected chi connectivity index (χ3v) is 6.23. The first-order valence-corrected chi connectivity index (χ1v) is 11.8. The van der Waals surface area contributed by atoms with E-state index >= 15 is 0 Å². The Hall–Kier alpha value is -2.39. The van der Waals surface area contributed by atoms with E-state index in [0.29, 0.717) is 18.7 Å². The van der Waals surface area contributed by atoms with Crippen molar-refractivity contribution in [2.75, 3.05) is 18.4 Å². The van der Waals surface area contributed by atoms with Gasteiger partial charge in [0.2, 0.25) is 0 Å². The summed E-state index contributed by atoms with van der Waals surface area (Å²) in [5, 5.41) is 2.79. The van der Waals surface area contributed by atoms with Crippen LogP contribution in [-0.4, -0.2) is 33.9 Å². The number of amides is 1. The lowest BCUT2D eigenvalue weighted by atomic mass is 10.1. The van der Waals surface area contributed by atoms with Crippen LogP contribution in [0.2, 0.25) is 0 Å². The minimum atomic E-state index is -3.81. The second-order valence-corrected chi connectivity index (χ2v) is 9.23. The molecule has 0 saturated heterocycles. The normalized spacial score (nSPS) is 11.0. The zero-order chi connectivity index (χ0) is 22.0. The number of halogens is 1. The van der Waals surface area contributed by atoms with E-state index in [1.165, 1.54) is 25.3 Å². The van der Waals surface area contributed by atoms with Crippen molar-refractivity contribution < 1.29 is 22.7 Å². The van der Waals surface area contributed by atoms with Crippen molar-refractivity contribution in [3.05, 3.63) is 58.6 Å². The van der Waals surface area contributed by atoms with Crippen LogP contribution >= 0.6 is 15.9 Å². The summed E-state index contributed by atoms with van der Waals surface area (Å²) in [6.45, 7) is 0.477. The van der Waals surface area contributed by atoms with E-state index in [2.05, 4.69) is 30.7 Å². The number of hydrogen-bond acceptors (Lipinski definition) is 5. The molecule has 0 unspecified atom stereocenters. The number of esters is 1. The molecule has 0 radical (unpaired) electrons. The van der Waals surface area contributed by atoms with E-state index in [9.17, 15) is 18.0 Å². The summed E-state index contributed by atoms with van der Waals surface area (Å²) in [4.78, 5) is 23.4. The van der Waals surface area contributed by atoms with Crippen molar-refractivity contribution in [3.8, 4) is 0 Å². The molecule has 2 aromatic carbocycles. The minimum Gasteiger partial charge on any atom is -0.469 e. The topological polar surface area (TPSA) is 102 Å². The molecule has 0 atom stereocenters. The molecule has 162 valence electrons. The van der Waals surface area contributed by atoms with Gasteiger partial charge in [0, 0.05) is 28.7 Å². The highest BCUT2D eigenvalue weighted by molar-refractivity contribution is 9.10. The van der Waals surface area contributed by atoms with E-state index in [0.717, 1.165) is 30.2 Å². The van der Waals surface area contributed by atoms with E-state index < -0.39 is 10.0 Å². The molecule has 0 bridgehead atoms. The third kappa shape index (κ3) is 7.79. The van der Waals surface area contributed by atoms with E-state index in [4.69, 9.17) is 0 Å². The fraction of sp³-hybridized carbons (Fsp3) is 0.333. The van der Waals surface area contributed by atoms with Gasteiger partial charge in [-0.1, -0.05) is 34.8 Å². The highest BCUT2D eigenvalue weighted by Crippen LogP contribution is 2.19. The van der Waals surface area contributed by atoms with E-state index in [1.54, 1.807) is 30.3 Å². The number of unbranched alkanes of at least 4 members (excludes halogenated alkanes) is 3. The standard InChI is InChI=1S/C21H25BrN2O5S/c1-29-20(25)9-4-2-3-5-14-23-21(26)16-7-6-8-19(15-16)30(27,28)24-18-12-10-17(22)11-13-18/h6-8,10-13,15,24H,2-5,9,14H2,1H3,(H,23,26). The van der Waals surface area contributed by atoms with Gasteiger partial charge < -0.3 is 10.1 Å². The fourth-order valence-corrected chi connectivity index (χ4v) is 4.06. The highest BCUT2D eigenvalue weighted by atomic mass is 79.9. The smallest absolute Gasteiger partial charge is 0.305 e. The molecule has 0 aliphatic rings. The summed E-state index contributed by atoms with van der Waals surface area (Å²) in [6.07, 6.45) is 3.68. The number of rotatable bonds is 11. The minimum absolute atomic E-state index is 0.0147. The Morgan fingerprint density at radius 3 is 2.40 bits per heavy atom. The van der Waals surface area contributed by atoms with E-state index in [-0.39, 0.29) is 22.3 Å². The fourth-order valence-electron chi connectivity index (χ4n) is 2.69. The van der Waals surface area contributed by atoms with Crippen LogP contribution in [-0.2, 0) is 19.6 Å². The molecule has 0 saturated carbocycles. The van der Waals surface area contributed by atoms with Gasteiger partial charge in [-0.15, -0.1) is 0 Å². The molecule has 0 aliphatic carbocycles. The molecule has 0 heterocycles. The number of hydrogen-bond donors (Lipinski definition) is 2. The largest absolute Gasteiger partial charge is 0.469 e. The molecule has 0 aliphatic heterocycles. The quantitative estimate of drug-likeness (QED) is 0.360. The maximum atomic E-state index is 12.6. The van der Waals surface area contributed by atoms with Gasteiger partial charge in [0.05, 0.1) is 12.0 Å². The lowest BCUT2D eigenvalue weighted by molar-refractivity contribution is -0.140. The Labute approximate surface area is 185 Å². The summed E-state index contributed by atoms with van der Waals surface area (Å²) in [7, 11) is -2.44.